The summed E-state index contributed by atoms with van der Waals surface area (Å²) in [5.74, 6) is 0.763. The Morgan fingerprint density at radius 2 is 1.80 bits per heavy atom. The second-order valence-electron chi connectivity index (χ2n) is 4.47. The summed E-state index contributed by atoms with van der Waals surface area (Å²) >= 11 is 0. The molecule has 0 saturated carbocycles. The lowest BCUT2D eigenvalue weighted by molar-refractivity contribution is 1.22. The summed E-state index contributed by atoms with van der Waals surface area (Å²) in [7, 11) is 0. The largest absolute Gasteiger partial charge is 0.345 e. The maximum atomic E-state index is 4.37. The number of benzene rings is 2. The Balaban J connectivity index is 1.96. The van der Waals surface area contributed by atoms with Gasteiger partial charge in [-0.2, -0.15) is 0 Å². The zero-order valence-corrected chi connectivity index (χ0v) is 10.5. The highest BCUT2D eigenvalue weighted by Gasteiger charge is 2.09. The third-order valence-corrected chi connectivity index (χ3v) is 3.23. The van der Waals surface area contributed by atoms with Crippen LogP contribution < -0.4 is 5.32 Å². The number of aromatic nitrogens is 4. The zero-order chi connectivity index (χ0) is 13.4. The van der Waals surface area contributed by atoms with Crippen molar-refractivity contribution >= 4 is 33.4 Å². The Kier molecular flexibility index (Phi) is 2.35. The molecule has 4 aromatic rings. The predicted molar refractivity (Wildman–Crippen MR) is 78.9 cm³/mol. The minimum Gasteiger partial charge on any atom is -0.345 e. The lowest BCUT2D eigenvalue weighted by atomic mass is 10.2. The first kappa shape index (κ1) is 10.9. The van der Waals surface area contributed by atoms with Crippen LogP contribution in [0.5, 0.6) is 0 Å². The van der Waals surface area contributed by atoms with Crippen molar-refractivity contribution in [1.29, 1.82) is 0 Å². The SMILES string of the molecule is c1ccc(Nc2ncnc3ccc4[nH]cnc4c23)cc1. The Labute approximate surface area is 114 Å². The first-order chi connectivity index (χ1) is 9.92. The highest BCUT2D eigenvalue weighted by Crippen LogP contribution is 2.28. The number of para-hydroxylation sites is 1. The van der Waals surface area contributed by atoms with E-state index in [2.05, 4.69) is 25.3 Å². The van der Waals surface area contributed by atoms with Crippen LogP contribution in [0.3, 0.4) is 0 Å². The summed E-state index contributed by atoms with van der Waals surface area (Å²) in [6, 6.07) is 13.9. The Morgan fingerprint density at radius 1 is 0.900 bits per heavy atom. The maximum absolute atomic E-state index is 4.37. The van der Waals surface area contributed by atoms with Gasteiger partial charge in [0.1, 0.15) is 17.7 Å². The van der Waals surface area contributed by atoms with Gasteiger partial charge in [-0.15, -0.1) is 0 Å². The molecule has 0 fully saturated rings. The number of nitrogens with zero attached hydrogens (tertiary/aromatic N) is 3. The van der Waals surface area contributed by atoms with Gasteiger partial charge in [0.05, 0.1) is 22.7 Å². The molecule has 0 amide bonds. The number of fused-ring (bicyclic) bond motifs is 3. The number of hydrogen-bond donors (Lipinski definition) is 2. The van der Waals surface area contributed by atoms with E-state index in [1.165, 1.54) is 0 Å². The topological polar surface area (TPSA) is 66.5 Å². The molecular formula is C15H11N5. The number of hydrogen-bond acceptors (Lipinski definition) is 4. The molecular weight excluding hydrogens is 250 g/mol. The summed E-state index contributed by atoms with van der Waals surface area (Å²) in [6.45, 7) is 0. The molecule has 0 spiro atoms. The van der Waals surface area contributed by atoms with E-state index in [0.29, 0.717) is 0 Å². The molecule has 0 atom stereocenters. The van der Waals surface area contributed by atoms with Gasteiger partial charge in [0.15, 0.2) is 0 Å². The molecule has 2 heterocycles. The molecule has 96 valence electrons. The first-order valence-electron chi connectivity index (χ1n) is 6.31. The fourth-order valence-electron chi connectivity index (χ4n) is 2.30. The van der Waals surface area contributed by atoms with Crippen LogP contribution in [0.15, 0.2) is 55.1 Å². The van der Waals surface area contributed by atoms with Crippen molar-refractivity contribution in [3.8, 4) is 0 Å². The molecule has 0 radical (unpaired) electrons. The minimum atomic E-state index is 0.763. The van der Waals surface area contributed by atoms with E-state index < -0.39 is 0 Å². The van der Waals surface area contributed by atoms with Crippen molar-refractivity contribution in [3.05, 3.63) is 55.1 Å². The molecule has 2 aromatic heterocycles. The monoisotopic (exact) mass is 261 g/mol. The second kappa shape index (κ2) is 4.31. The van der Waals surface area contributed by atoms with Crippen LogP contribution in [-0.2, 0) is 0 Å². The fourth-order valence-corrected chi connectivity index (χ4v) is 2.30. The Bertz CT molecular complexity index is 882. The summed E-state index contributed by atoms with van der Waals surface area (Å²) < 4.78 is 0. The highest BCUT2D eigenvalue weighted by atomic mass is 15.0. The Hall–Kier alpha value is -2.95. The lowest BCUT2D eigenvalue weighted by Crippen LogP contribution is -1.96. The van der Waals surface area contributed by atoms with Crippen molar-refractivity contribution in [2.24, 2.45) is 0 Å². The van der Waals surface area contributed by atoms with E-state index in [-0.39, 0.29) is 0 Å². The maximum Gasteiger partial charge on any atom is 0.143 e. The van der Waals surface area contributed by atoms with Crippen molar-refractivity contribution in [3.63, 3.8) is 0 Å². The molecule has 2 aromatic carbocycles. The van der Waals surface area contributed by atoms with Gasteiger partial charge in [0, 0.05) is 5.69 Å². The van der Waals surface area contributed by atoms with E-state index in [1.54, 1.807) is 12.7 Å². The van der Waals surface area contributed by atoms with Crippen molar-refractivity contribution in [2.75, 3.05) is 5.32 Å². The van der Waals surface area contributed by atoms with Crippen LogP contribution in [0.4, 0.5) is 11.5 Å². The van der Waals surface area contributed by atoms with Gasteiger partial charge in [-0.1, -0.05) is 18.2 Å². The number of nitrogens with one attached hydrogen (secondary N) is 2. The molecule has 0 aliphatic rings. The van der Waals surface area contributed by atoms with E-state index in [4.69, 9.17) is 0 Å². The average molecular weight is 261 g/mol. The first-order valence-corrected chi connectivity index (χ1v) is 6.31. The summed E-state index contributed by atoms with van der Waals surface area (Å²) in [5.41, 5.74) is 3.71. The van der Waals surface area contributed by atoms with Gasteiger partial charge >= 0.3 is 0 Å². The summed E-state index contributed by atoms with van der Waals surface area (Å²) in [4.78, 5) is 16.1. The molecule has 0 aliphatic heterocycles. The third-order valence-electron chi connectivity index (χ3n) is 3.23. The molecule has 0 aliphatic carbocycles. The van der Waals surface area contributed by atoms with Crippen molar-refractivity contribution in [1.82, 2.24) is 19.9 Å². The molecule has 0 unspecified atom stereocenters. The van der Waals surface area contributed by atoms with Crippen LogP contribution in [0, 0.1) is 0 Å². The fraction of sp³-hybridized carbons (Fsp3) is 0. The van der Waals surface area contributed by atoms with Gasteiger partial charge in [0.25, 0.3) is 0 Å². The number of rotatable bonds is 2. The van der Waals surface area contributed by atoms with E-state index >= 15 is 0 Å². The normalized spacial score (nSPS) is 11.0. The average Bonchev–Trinajstić information content (AvgIpc) is 2.97. The van der Waals surface area contributed by atoms with Crippen LogP contribution in [0.1, 0.15) is 0 Å². The van der Waals surface area contributed by atoms with Crippen molar-refractivity contribution in [2.45, 2.75) is 0 Å². The third kappa shape index (κ3) is 1.68. The smallest absolute Gasteiger partial charge is 0.143 e. The van der Waals surface area contributed by atoms with Crippen molar-refractivity contribution < 1.29 is 0 Å². The van der Waals surface area contributed by atoms with Gasteiger partial charge in [-0.3, -0.25) is 0 Å². The second-order valence-corrected chi connectivity index (χ2v) is 4.47. The van der Waals surface area contributed by atoms with Gasteiger partial charge < -0.3 is 10.3 Å². The number of H-pyrrole nitrogens is 1. The predicted octanol–water partition coefficient (Wildman–Crippen LogP) is 3.25. The molecule has 5 nitrogen and oxygen atoms in total. The van der Waals surface area contributed by atoms with Crippen LogP contribution >= 0.6 is 0 Å². The molecule has 0 saturated heterocycles. The highest BCUT2D eigenvalue weighted by molar-refractivity contribution is 6.08. The van der Waals surface area contributed by atoms with E-state index in [0.717, 1.165) is 33.4 Å². The standard InChI is InChI=1S/C15H11N5/c1-2-4-10(5-3-1)20-15-13-11(16-9-19-15)6-7-12-14(13)18-8-17-12/h1-9H,(H,17,18)(H,16,19,20). The lowest BCUT2D eigenvalue weighted by Gasteiger charge is -2.08. The minimum absolute atomic E-state index is 0.763. The van der Waals surface area contributed by atoms with Gasteiger partial charge in [-0.05, 0) is 24.3 Å². The molecule has 2 N–H and O–H groups in total. The zero-order valence-electron chi connectivity index (χ0n) is 10.5. The van der Waals surface area contributed by atoms with Crippen LogP contribution in [0.2, 0.25) is 0 Å². The molecule has 20 heavy (non-hydrogen) atoms. The molecule has 4 rings (SSSR count). The summed E-state index contributed by atoms with van der Waals surface area (Å²) in [6.07, 6.45) is 3.25. The van der Waals surface area contributed by atoms with E-state index in [9.17, 15) is 0 Å². The molecule has 5 heteroatoms. The van der Waals surface area contributed by atoms with Gasteiger partial charge in [0.2, 0.25) is 0 Å². The number of anilines is 2. The summed E-state index contributed by atoms with van der Waals surface area (Å²) in [5, 5.41) is 4.25. The number of imidazole rings is 1. The van der Waals surface area contributed by atoms with Crippen LogP contribution in [0.25, 0.3) is 21.9 Å². The number of aromatic amines is 1. The quantitative estimate of drug-likeness (QED) is 0.581. The van der Waals surface area contributed by atoms with E-state index in [1.807, 2.05) is 42.5 Å². The molecule has 0 bridgehead atoms. The van der Waals surface area contributed by atoms with Crippen LogP contribution in [-0.4, -0.2) is 19.9 Å². The Morgan fingerprint density at radius 3 is 2.70 bits per heavy atom. The van der Waals surface area contributed by atoms with Gasteiger partial charge in [-0.25, -0.2) is 15.0 Å².